The summed E-state index contributed by atoms with van der Waals surface area (Å²) < 4.78 is 5.79. The summed E-state index contributed by atoms with van der Waals surface area (Å²) in [6.07, 6.45) is 6.19. The van der Waals surface area contributed by atoms with Gasteiger partial charge in [0.2, 0.25) is 0 Å². The van der Waals surface area contributed by atoms with E-state index >= 15 is 0 Å². The standard InChI is InChI=1S/C18H32N4OS2/c1-4-15-13-21-16(25-15)7-10-20-17(19-5-2)22-14-18(24-6-3)8-11-23-12-9-18/h13H,4-12,14H2,1-3H3,(H2,19,20,22). The van der Waals surface area contributed by atoms with E-state index in [1.807, 2.05) is 29.3 Å². The Balaban J connectivity index is 1.87. The minimum Gasteiger partial charge on any atom is -0.381 e. The molecule has 1 aliphatic heterocycles. The molecule has 0 aromatic carbocycles. The number of nitrogens with zero attached hydrogens (tertiary/aromatic N) is 2. The lowest BCUT2D eigenvalue weighted by Crippen LogP contribution is -2.41. The SMILES string of the molecule is CCNC(=NCC1(SCC)CCOCC1)NCCc1ncc(CC)s1. The van der Waals surface area contributed by atoms with Crippen molar-refractivity contribution in [2.75, 3.05) is 38.6 Å². The fourth-order valence-electron chi connectivity index (χ4n) is 2.88. The molecule has 0 unspecified atom stereocenters. The molecule has 0 saturated carbocycles. The molecule has 1 aliphatic rings. The number of aryl methyl sites for hydroxylation is 1. The predicted octanol–water partition coefficient (Wildman–Crippen LogP) is 3.11. The van der Waals surface area contributed by atoms with E-state index in [1.54, 1.807) is 0 Å². The number of aliphatic imine (C=N–C) groups is 1. The van der Waals surface area contributed by atoms with Crippen molar-refractivity contribution in [2.45, 2.75) is 51.2 Å². The Morgan fingerprint density at radius 1 is 1.32 bits per heavy atom. The summed E-state index contributed by atoms with van der Waals surface area (Å²) in [7, 11) is 0. The van der Waals surface area contributed by atoms with Crippen LogP contribution in [0.5, 0.6) is 0 Å². The molecule has 2 heterocycles. The molecule has 1 fully saturated rings. The summed E-state index contributed by atoms with van der Waals surface area (Å²) in [5, 5.41) is 8.02. The van der Waals surface area contributed by atoms with E-state index < -0.39 is 0 Å². The van der Waals surface area contributed by atoms with Gasteiger partial charge in [-0.05, 0) is 31.9 Å². The fraction of sp³-hybridized carbons (Fsp3) is 0.778. The zero-order chi connectivity index (χ0) is 18.0. The van der Waals surface area contributed by atoms with Gasteiger partial charge in [-0.1, -0.05) is 13.8 Å². The molecule has 1 aromatic rings. The highest BCUT2D eigenvalue weighted by Crippen LogP contribution is 2.35. The molecule has 5 nitrogen and oxygen atoms in total. The number of aromatic nitrogens is 1. The van der Waals surface area contributed by atoms with Gasteiger partial charge < -0.3 is 15.4 Å². The van der Waals surface area contributed by atoms with E-state index in [9.17, 15) is 0 Å². The average molecular weight is 385 g/mol. The maximum absolute atomic E-state index is 5.55. The first kappa shape index (κ1) is 20.5. The van der Waals surface area contributed by atoms with Gasteiger partial charge in [0, 0.05) is 48.5 Å². The van der Waals surface area contributed by atoms with Crippen molar-refractivity contribution in [1.29, 1.82) is 0 Å². The summed E-state index contributed by atoms with van der Waals surface area (Å²) in [6, 6.07) is 0. The first-order chi connectivity index (χ1) is 12.2. The van der Waals surface area contributed by atoms with Gasteiger partial charge in [0.25, 0.3) is 0 Å². The van der Waals surface area contributed by atoms with Crippen LogP contribution >= 0.6 is 23.1 Å². The minimum absolute atomic E-state index is 0.237. The normalized spacial score (nSPS) is 17.5. The Hall–Kier alpha value is -0.790. The lowest BCUT2D eigenvalue weighted by molar-refractivity contribution is 0.0793. The van der Waals surface area contributed by atoms with E-state index in [1.165, 1.54) is 9.88 Å². The molecule has 7 heteroatoms. The fourth-order valence-corrected chi connectivity index (χ4v) is 4.96. The van der Waals surface area contributed by atoms with Crippen LogP contribution in [0.2, 0.25) is 0 Å². The van der Waals surface area contributed by atoms with Crippen molar-refractivity contribution in [3.63, 3.8) is 0 Å². The van der Waals surface area contributed by atoms with Crippen molar-refractivity contribution in [1.82, 2.24) is 15.6 Å². The van der Waals surface area contributed by atoms with Crippen molar-refractivity contribution in [3.05, 3.63) is 16.1 Å². The molecule has 25 heavy (non-hydrogen) atoms. The minimum atomic E-state index is 0.237. The predicted molar refractivity (Wildman–Crippen MR) is 110 cm³/mol. The van der Waals surface area contributed by atoms with E-state index in [2.05, 4.69) is 36.4 Å². The van der Waals surface area contributed by atoms with Crippen molar-refractivity contribution >= 4 is 29.1 Å². The highest BCUT2D eigenvalue weighted by atomic mass is 32.2. The van der Waals surface area contributed by atoms with Gasteiger partial charge in [0.1, 0.15) is 0 Å². The number of rotatable bonds is 9. The quantitative estimate of drug-likeness (QED) is 0.506. The van der Waals surface area contributed by atoms with Crippen LogP contribution in [0.3, 0.4) is 0 Å². The molecule has 0 atom stereocenters. The van der Waals surface area contributed by atoms with Crippen molar-refractivity contribution in [3.8, 4) is 0 Å². The second-order valence-electron chi connectivity index (χ2n) is 6.17. The molecular formula is C18H32N4OS2. The summed E-state index contributed by atoms with van der Waals surface area (Å²) in [5.41, 5.74) is 0. The molecule has 0 radical (unpaired) electrons. The van der Waals surface area contributed by atoms with Crippen LogP contribution in [0.25, 0.3) is 0 Å². The van der Waals surface area contributed by atoms with Crippen LogP contribution in [-0.2, 0) is 17.6 Å². The third-order valence-corrected chi connectivity index (χ3v) is 6.95. The van der Waals surface area contributed by atoms with E-state index in [0.717, 1.165) is 70.2 Å². The number of thioether (sulfide) groups is 1. The number of hydrogen-bond acceptors (Lipinski definition) is 5. The highest BCUT2D eigenvalue weighted by molar-refractivity contribution is 8.00. The lowest BCUT2D eigenvalue weighted by atomic mass is 9.99. The molecule has 0 amide bonds. The van der Waals surface area contributed by atoms with Crippen LogP contribution in [0.1, 0.15) is 43.5 Å². The summed E-state index contributed by atoms with van der Waals surface area (Å²) in [4.78, 5) is 10.7. The van der Waals surface area contributed by atoms with Gasteiger partial charge in [0.15, 0.2) is 5.96 Å². The van der Waals surface area contributed by atoms with Crippen LogP contribution in [0.15, 0.2) is 11.2 Å². The average Bonchev–Trinajstić information content (AvgIpc) is 3.09. The van der Waals surface area contributed by atoms with E-state index in [-0.39, 0.29) is 4.75 Å². The van der Waals surface area contributed by atoms with Crippen LogP contribution in [0.4, 0.5) is 0 Å². The monoisotopic (exact) mass is 384 g/mol. The Labute approximate surface area is 160 Å². The van der Waals surface area contributed by atoms with Crippen LogP contribution < -0.4 is 10.6 Å². The zero-order valence-electron chi connectivity index (χ0n) is 15.8. The number of guanidine groups is 1. The number of hydrogen-bond donors (Lipinski definition) is 2. The number of thiazole rings is 1. The number of nitrogens with one attached hydrogen (secondary N) is 2. The molecular weight excluding hydrogens is 352 g/mol. The van der Waals surface area contributed by atoms with Gasteiger partial charge in [-0.3, -0.25) is 4.99 Å². The third kappa shape index (κ3) is 6.79. The summed E-state index contributed by atoms with van der Waals surface area (Å²) in [5.74, 6) is 2.04. The molecule has 0 spiro atoms. The van der Waals surface area contributed by atoms with E-state index in [0.29, 0.717) is 0 Å². The smallest absolute Gasteiger partial charge is 0.191 e. The van der Waals surface area contributed by atoms with Gasteiger partial charge in [-0.25, -0.2) is 4.98 Å². The second-order valence-corrected chi connectivity index (χ2v) is 9.11. The van der Waals surface area contributed by atoms with Crippen LogP contribution in [0, 0.1) is 0 Å². The lowest BCUT2D eigenvalue weighted by Gasteiger charge is -2.35. The molecule has 1 saturated heterocycles. The Morgan fingerprint density at radius 2 is 2.12 bits per heavy atom. The van der Waals surface area contributed by atoms with Gasteiger partial charge >= 0.3 is 0 Å². The molecule has 142 valence electrons. The Bertz CT molecular complexity index is 521. The molecule has 1 aromatic heterocycles. The topological polar surface area (TPSA) is 58.5 Å². The van der Waals surface area contributed by atoms with Gasteiger partial charge in [-0.2, -0.15) is 11.8 Å². The maximum Gasteiger partial charge on any atom is 0.191 e. The van der Waals surface area contributed by atoms with E-state index in [4.69, 9.17) is 9.73 Å². The van der Waals surface area contributed by atoms with Gasteiger partial charge in [0.05, 0.1) is 11.6 Å². The largest absolute Gasteiger partial charge is 0.381 e. The Morgan fingerprint density at radius 3 is 2.76 bits per heavy atom. The van der Waals surface area contributed by atoms with Crippen molar-refractivity contribution in [2.24, 2.45) is 4.99 Å². The molecule has 2 rings (SSSR count). The van der Waals surface area contributed by atoms with Crippen molar-refractivity contribution < 1.29 is 4.74 Å². The first-order valence-corrected chi connectivity index (χ1v) is 11.2. The zero-order valence-corrected chi connectivity index (χ0v) is 17.4. The first-order valence-electron chi connectivity index (χ1n) is 9.38. The second kappa shape index (κ2) is 11.0. The molecule has 0 aliphatic carbocycles. The highest BCUT2D eigenvalue weighted by Gasteiger charge is 2.32. The molecule has 2 N–H and O–H groups in total. The number of ether oxygens (including phenoxy) is 1. The van der Waals surface area contributed by atoms with Gasteiger partial charge in [-0.15, -0.1) is 11.3 Å². The Kier molecular flexibility index (Phi) is 9.06. The van der Waals surface area contributed by atoms with Crippen LogP contribution in [-0.4, -0.2) is 54.3 Å². The summed E-state index contributed by atoms with van der Waals surface area (Å²) >= 11 is 3.85. The molecule has 0 bridgehead atoms. The summed E-state index contributed by atoms with van der Waals surface area (Å²) in [6.45, 7) is 10.8. The third-order valence-electron chi connectivity index (χ3n) is 4.31. The maximum atomic E-state index is 5.55.